The van der Waals surface area contributed by atoms with Crippen molar-refractivity contribution >= 4 is 23.4 Å². The highest BCUT2D eigenvalue weighted by atomic mass is 35.5. The molecule has 1 rings (SSSR count). The van der Waals surface area contributed by atoms with Crippen LogP contribution in [-0.4, -0.2) is 36.8 Å². The fourth-order valence-corrected chi connectivity index (χ4v) is 1.57. The van der Waals surface area contributed by atoms with Crippen molar-refractivity contribution in [3.8, 4) is 6.07 Å². The average molecular weight is 271 g/mol. The first-order chi connectivity index (χ1) is 8.72. The van der Waals surface area contributed by atoms with E-state index < -0.39 is 0 Å². The first-order valence-electron chi connectivity index (χ1n) is 5.33. The highest BCUT2D eigenvalue weighted by molar-refractivity contribution is 6.32. The van der Waals surface area contributed by atoms with E-state index in [0.29, 0.717) is 37.0 Å². The van der Waals surface area contributed by atoms with Gasteiger partial charge in [0.15, 0.2) is 5.82 Å². The second kappa shape index (κ2) is 7.66. The van der Waals surface area contributed by atoms with E-state index in [0.717, 1.165) is 0 Å². The van der Waals surface area contributed by atoms with Crippen LogP contribution in [0, 0.1) is 11.3 Å². The molecule has 0 saturated heterocycles. The summed E-state index contributed by atoms with van der Waals surface area (Å²) in [6.07, 6.45) is 1.83. The smallest absolute Gasteiger partial charge is 0.239 e. The number of nitrogens with one attached hydrogen (secondary N) is 1. The summed E-state index contributed by atoms with van der Waals surface area (Å²) in [4.78, 5) is 9.94. The molecule has 0 atom stereocenters. The quantitative estimate of drug-likeness (QED) is 0.558. The van der Waals surface area contributed by atoms with Crippen molar-refractivity contribution < 1.29 is 4.74 Å². The number of rotatable bonds is 7. The van der Waals surface area contributed by atoms with E-state index in [1.165, 1.54) is 6.20 Å². The number of halogens is 1. The Kier molecular flexibility index (Phi) is 6.14. The monoisotopic (exact) mass is 270 g/mol. The number of ether oxygens (including phenoxy) is 1. The van der Waals surface area contributed by atoms with Crippen LogP contribution in [0.2, 0.25) is 5.02 Å². The second-order valence-electron chi connectivity index (χ2n) is 3.40. The first kappa shape index (κ1) is 14.4. The number of anilines is 2. The van der Waals surface area contributed by atoms with Crippen LogP contribution in [0.15, 0.2) is 6.20 Å². The minimum absolute atomic E-state index is 0.272. The van der Waals surface area contributed by atoms with Gasteiger partial charge in [-0.3, -0.25) is 5.43 Å². The molecule has 8 heteroatoms. The number of hydrazine groups is 1. The molecule has 0 radical (unpaired) electrons. The molecular weight excluding hydrogens is 256 g/mol. The molecule has 0 spiro atoms. The van der Waals surface area contributed by atoms with E-state index >= 15 is 0 Å². The molecule has 0 saturated carbocycles. The fraction of sp³-hybridized carbons (Fsp3) is 0.500. The van der Waals surface area contributed by atoms with Crippen molar-refractivity contribution in [1.29, 1.82) is 5.26 Å². The van der Waals surface area contributed by atoms with Gasteiger partial charge in [0.25, 0.3) is 0 Å². The zero-order valence-electron chi connectivity index (χ0n) is 10.1. The van der Waals surface area contributed by atoms with Crippen LogP contribution < -0.4 is 16.2 Å². The van der Waals surface area contributed by atoms with Gasteiger partial charge < -0.3 is 9.64 Å². The standard InChI is InChI=1S/C10H15ClN6O/c1-18-6-5-17(4-2-3-12)9-8(11)7-14-10(15-9)16-13/h7H,2,4-6,13H2,1H3,(H,14,15,16). The maximum Gasteiger partial charge on any atom is 0.239 e. The van der Waals surface area contributed by atoms with Gasteiger partial charge in [-0.2, -0.15) is 10.2 Å². The Morgan fingerprint density at radius 1 is 1.61 bits per heavy atom. The Bertz CT molecular complexity index is 421. The lowest BCUT2D eigenvalue weighted by Crippen LogP contribution is -2.29. The van der Waals surface area contributed by atoms with Gasteiger partial charge in [-0.25, -0.2) is 10.8 Å². The zero-order chi connectivity index (χ0) is 13.4. The average Bonchev–Trinajstić information content (AvgIpc) is 2.40. The molecule has 0 aliphatic heterocycles. The summed E-state index contributed by atoms with van der Waals surface area (Å²) in [6.45, 7) is 1.61. The van der Waals surface area contributed by atoms with Crippen molar-refractivity contribution in [2.45, 2.75) is 6.42 Å². The Morgan fingerprint density at radius 2 is 2.39 bits per heavy atom. The predicted octanol–water partition coefficient (Wildman–Crippen LogP) is 0.782. The van der Waals surface area contributed by atoms with Crippen LogP contribution in [-0.2, 0) is 4.74 Å². The van der Waals surface area contributed by atoms with E-state index in [1.807, 2.05) is 4.90 Å². The Morgan fingerprint density at radius 3 is 3.00 bits per heavy atom. The SMILES string of the molecule is COCCN(CCC#N)c1nc(NN)ncc1Cl. The molecule has 0 aliphatic carbocycles. The minimum Gasteiger partial charge on any atom is -0.383 e. The minimum atomic E-state index is 0.272. The van der Waals surface area contributed by atoms with E-state index in [2.05, 4.69) is 21.5 Å². The molecule has 3 N–H and O–H groups in total. The van der Waals surface area contributed by atoms with E-state index in [1.54, 1.807) is 7.11 Å². The predicted molar refractivity (Wildman–Crippen MR) is 69.2 cm³/mol. The first-order valence-corrected chi connectivity index (χ1v) is 5.70. The molecule has 7 nitrogen and oxygen atoms in total. The van der Waals surface area contributed by atoms with E-state index in [4.69, 9.17) is 27.4 Å². The number of nitrogens with two attached hydrogens (primary N) is 1. The molecular formula is C10H15ClN6O. The van der Waals surface area contributed by atoms with Gasteiger partial charge in [0.05, 0.1) is 25.3 Å². The summed E-state index contributed by atoms with van der Waals surface area (Å²) in [6, 6.07) is 2.08. The number of methoxy groups -OCH3 is 1. The van der Waals surface area contributed by atoms with Crippen LogP contribution >= 0.6 is 11.6 Å². The zero-order valence-corrected chi connectivity index (χ0v) is 10.8. The molecule has 1 aromatic rings. The van der Waals surface area contributed by atoms with Crippen molar-refractivity contribution in [2.24, 2.45) is 5.84 Å². The maximum absolute atomic E-state index is 8.65. The number of aromatic nitrogens is 2. The summed E-state index contributed by atoms with van der Waals surface area (Å²) < 4.78 is 5.02. The number of hydrogen-bond donors (Lipinski definition) is 2. The molecule has 1 heterocycles. The van der Waals surface area contributed by atoms with Crippen LogP contribution in [0.25, 0.3) is 0 Å². The van der Waals surface area contributed by atoms with Crippen molar-refractivity contribution in [3.63, 3.8) is 0 Å². The van der Waals surface area contributed by atoms with Gasteiger partial charge in [0, 0.05) is 20.2 Å². The van der Waals surface area contributed by atoms with Gasteiger partial charge >= 0.3 is 0 Å². The molecule has 18 heavy (non-hydrogen) atoms. The summed E-state index contributed by atoms with van der Waals surface area (Å²) in [5, 5.41) is 9.06. The topological polar surface area (TPSA) is 100 Å². The third-order valence-electron chi connectivity index (χ3n) is 2.21. The molecule has 0 aliphatic rings. The van der Waals surface area contributed by atoms with E-state index in [9.17, 15) is 0 Å². The fourth-order valence-electron chi connectivity index (χ4n) is 1.36. The molecule has 1 aromatic heterocycles. The summed E-state index contributed by atoms with van der Waals surface area (Å²) in [5.41, 5.74) is 2.36. The number of nitrogen functional groups attached to an aromatic ring is 1. The van der Waals surface area contributed by atoms with Crippen molar-refractivity contribution in [1.82, 2.24) is 9.97 Å². The van der Waals surface area contributed by atoms with Gasteiger partial charge in [-0.15, -0.1) is 0 Å². The number of hydrogen-bond acceptors (Lipinski definition) is 7. The van der Waals surface area contributed by atoms with Gasteiger partial charge in [0.1, 0.15) is 5.02 Å². The third kappa shape index (κ3) is 4.00. The Labute approximate surface area is 110 Å². The highest BCUT2D eigenvalue weighted by Gasteiger charge is 2.13. The van der Waals surface area contributed by atoms with Gasteiger partial charge in [-0.1, -0.05) is 11.6 Å². The van der Waals surface area contributed by atoms with Crippen LogP contribution in [0.1, 0.15) is 6.42 Å². The second-order valence-corrected chi connectivity index (χ2v) is 3.80. The largest absolute Gasteiger partial charge is 0.383 e. The molecule has 98 valence electrons. The molecule has 0 fully saturated rings. The summed E-state index contributed by atoms with van der Waals surface area (Å²) >= 11 is 6.05. The Balaban J connectivity index is 2.91. The number of nitrogens with zero attached hydrogens (tertiary/aromatic N) is 4. The van der Waals surface area contributed by atoms with E-state index in [-0.39, 0.29) is 5.95 Å². The van der Waals surface area contributed by atoms with Crippen LogP contribution in [0.3, 0.4) is 0 Å². The lowest BCUT2D eigenvalue weighted by molar-refractivity contribution is 0.205. The highest BCUT2D eigenvalue weighted by Crippen LogP contribution is 2.23. The lowest BCUT2D eigenvalue weighted by atomic mass is 10.3. The summed E-state index contributed by atoms with van der Waals surface area (Å²) in [5.74, 6) is 6.06. The molecule has 0 aromatic carbocycles. The molecule has 0 amide bonds. The summed E-state index contributed by atoms with van der Waals surface area (Å²) in [7, 11) is 1.61. The van der Waals surface area contributed by atoms with Crippen LogP contribution in [0.5, 0.6) is 0 Å². The van der Waals surface area contributed by atoms with Gasteiger partial charge in [-0.05, 0) is 0 Å². The molecule has 0 unspecified atom stereocenters. The molecule has 0 bridgehead atoms. The lowest BCUT2D eigenvalue weighted by Gasteiger charge is -2.23. The Hall–Kier alpha value is -1.62. The van der Waals surface area contributed by atoms with Crippen molar-refractivity contribution in [2.75, 3.05) is 37.1 Å². The number of nitriles is 1. The maximum atomic E-state index is 8.65. The van der Waals surface area contributed by atoms with Gasteiger partial charge in [0.2, 0.25) is 5.95 Å². The van der Waals surface area contributed by atoms with Crippen LogP contribution in [0.4, 0.5) is 11.8 Å². The van der Waals surface area contributed by atoms with Crippen molar-refractivity contribution in [3.05, 3.63) is 11.2 Å². The normalized spacial score (nSPS) is 9.89. The third-order valence-corrected chi connectivity index (χ3v) is 2.48.